The van der Waals surface area contributed by atoms with Gasteiger partial charge < -0.3 is 14.6 Å². The fourth-order valence-electron chi connectivity index (χ4n) is 2.27. The van der Waals surface area contributed by atoms with Crippen molar-refractivity contribution in [1.82, 2.24) is 4.98 Å². The van der Waals surface area contributed by atoms with Crippen molar-refractivity contribution in [3.63, 3.8) is 0 Å². The molecule has 2 aromatic carbocycles. The monoisotopic (exact) mass is 281 g/mol. The average Bonchev–Trinajstić information content (AvgIpc) is 2.55. The van der Waals surface area contributed by atoms with Gasteiger partial charge in [0, 0.05) is 22.5 Å². The third-order valence-corrected chi connectivity index (χ3v) is 3.43. The van der Waals surface area contributed by atoms with Gasteiger partial charge in [0.1, 0.15) is 22.9 Å². The molecule has 0 spiro atoms. The van der Waals surface area contributed by atoms with E-state index in [1.54, 1.807) is 20.4 Å². The van der Waals surface area contributed by atoms with E-state index in [-0.39, 0.29) is 5.75 Å². The lowest BCUT2D eigenvalue weighted by Crippen LogP contribution is -1.89. The van der Waals surface area contributed by atoms with Crippen LogP contribution in [0.25, 0.3) is 22.0 Å². The highest BCUT2D eigenvalue weighted by Crippen LogP contribution is 2.35. The Bertz CT molecular complexity index is 782. The van der Waals surface area contributed by atoms with Crippen LogP contribution in [0.5, 0.6) is 17.2 Å². The van der Waals surface area contributed by atoms with Gasteiger partial charge in [-0.3, -0.25) is 4.98 Å². The van der Waals surface area contributed by atoms with E-state index in [1.807, 2.05) is 42.5 Å². The van der Waals surface area contributed by atoms with Crippen molar-refractivity contribution in [3.8, 4) is 28.5 Å². The maximum absolute atomic E-state index is 10.5. The summed E-state index contributed by atoms with van der Waals surface area (Å²) in [5, 5.41) is 12.0. The standard InChI is InChI=1S/C17H15NO3/c1-20-13-5-3-11(4-6-13)16-17(19)15-8-7-14(21-2)9-12(15)10-18-16/h3-10,19H,1-2H3. The first-order valence-corrected chi connectivity index (χ1v) is 6.53. The van der Waals surface area contributed by atoms with Crippen molar-refractivity contribution in [2.24, 2.45) is 0 Å². The highest BCUT2D eigenvalue weighted by Gasteiger charge is 2.11. The quantitative estimate of drug-likeness (QED) is 0.796. The van der Waals surface area contributed by atoms with Crippen LogP contribution in [0.3, 0.4) is 0 Å². The minimum absolute atomic E-state index is 0.167. The van der Waals surface area contributed by atoms with Gasteiger partial charge >= 0.3 is 0 Å². The lowest BCUT2D eigenvalue weighted by atomic mass is 10.1. The Morgan fingerprint density at radius 1 is 0.905 bits per heavy atom. The summed E-state index contributed by atoms with van der Waals surface area (Å²) < 4.78 is 10.3. The molecule has 3 aromatic rings. The summed E-state index contributed by atoms with van der Waals surface area (Å²) in [6.07, 6.45) is 1.73. The Hall–Kier alpha value is -2.75. The van der Waals surface area contributed by atoms with Crippen molar-refractivity contribution in [3.05, 3.63) is 48.7 Å². The van der Waals surface area contributed by atoms with Gasteiger partial charge in [-0.2, -0.15) is 0 Å². The van der Waals surface area contributed by atoms with Gasteiger partial charge in [0.25, 0.3) is 0 Å². The number of pyridine rings is 1. The number of aromatic hydroxyl groups is 1. The molecule has 0 amide bonds. The van der Waals surface area contributed by atoms with Crippen molar-refractivity contribution < 1.29 is 14.6 Å². The number of nitrogens with zero attached hydrogens (tertiary/aromatic N) is 1. The zero-order valence-electron chi connectivity index (χ0n) is 11.8. The number of fused-ring (bicyclic) bond motifs is 1. The molecular formula is C17H15NO3. The molecule has 0 aliphatic rings. The van der Waals surface area contributed by atoms with Crippen LogP contribution in [0, 0.1) is 0 Å². The Morgan fingerprint density at radius 2 is 1.57 bits per heavy atom. The van der Waals surface area contributed by atoms with Gasteiger partial charge in [0.05, 0.1) is 14.2 Å². The summed E-state index contributed by atoms with van der Waals surface area (Å²) in [5.41, 5.74) is 1.39. The largest absolute Gasteiger partial charge is 0.505 e. The van der Waals surface area contributed by atoms with Crippen molar-refractivity contribution in [2.45, 2.75) is 0 Å². The lowest BCUT2D eigenvalue weighted by Gasteiger charge is -2.09. The molecule has 0 aliphatic carbocycles. The number of ether oxygens (including phenoxy) is 2. The van der Waals surface area contributed by atoms with Crippen molar-refractivity contribution in [2.75, 3.05) is 14.2 Å². The van der Waals surface area contributed by atoms with Gasteiger partial charge in [-0.1, -0.05) is 0 Å². The third-order valence-electron chi connectivity index (χ3n) is 3.43. The van der Waals surface area contributed by atoms with Crippen LogP contribution < -0.4 is 9.47 Å². The Morgan fingerprint density at radius 3 is 2.24 bits per heavy atom. The summed E-state index contributed by atoms with van der Waals surface area (Å²) in [6.45, 7) is 0. The van der Waals surface area contributed by atoms with Crippen LogP contribution in [0.1, 0.15) is 0 Å². The minimum Gasteiger partial charge on any atom is -0.505 e. The maximum atomic E-state index is 10.5. The van der Waals surface area contributed by atoms with E-state index in [1.165, 1.54) is 0 Å². The van der Waals surface area contributed by atoms with Gasteiger partial charge in [-0.05, 0) is 42.5 Å². The van der Waals surface area contributed by atoms with Crippen molar-refractivity contribution in [1.29, 1.82) is 0 Å². The number of rotatable bonds is 3. The number of methoxy groups -OCH3 is 2. The van der Waals surface area contributed by atoms with Crippen LogP contribution >= 0.6 is 0 Å². The number of hydrogen-bond donors (Lipinski definition) is 1. The van der Waals surface area contributed by atoms with E-state index in [9.17, 15) is 5.11 Å². The molecule has 1 N–H and O–H groups in total. The summed E-state index contributed by atoms with van der Waals surface area (Å²) in [7, 11) is 3.23. The van der Waals surface area contributed by atoms with Crippen LogP contribution in [-0.2, 0) is 0 Å². The normalized spacial score (nSPS) is 10.6. The molecule has 0 atom stereocenters. The van der Waals surface area contributed by atoms with Crippen LogP contribution in [0.2, 0.25) is 0 Å². The molecular weight excluding hydrogens is 266 g/mol. The average molecular weight is 281 g/mol. The van der Waals surface area contributed by atoms with Gasteiger partial charge in [0.2, 0.25) is 0 Å². The first kappa shape index (κ1) is 13.2. The van der Waals surface area contributed by atoms with E-state index in [4.69, 9.17) is 9.47 Å². The van der Waals surface area contributed by atoms with E-state index < -0.39 is 0 Å². The van der Waals surface area contributed by atoms with E-state index in [0.717, 1.165) is 27.8 Å². The molecule has 0 unspecified atom stereocenters. The van der Waals surface area contributed by atoms with Crippen LogP contribution in [0.4, 0.5) is 0 Å². The molecule has 3 rings (SSSR count). The minimum atomic E-state index is 0.167. The Labute approximate surface area is 122 Å². The highest BCUT2D eigenvalue weighted by molar-refractivity contribution is 5.93. The first-order chi connectivity index (χ1) is 10.2. The molecule has 0 saturated carbocycles. The molecule has 0 aliphatic heterocycles. The lowest BCUT2D eigenvalue weighted by molar-refractivity contribution is 0.415. The third kappa shape index (κ3) is 2.36. The predicted molar refractivity (Wildman–Crippen MR) is 81.9 cm³/mol. The van der Waals surface area contributed by atoms with Gasteiger partial charge in [-0.15, -0.1) is 0 Å². The molecule has 4 nitrogen and oxygen atoms in total. The second-order valence-corrected chi connectivity index (χ2v) is 4.64. The summed E-state index contributed by atoms with van der Waals surface area (Å²) >= 11 is 0. The van der Waals surface area contributed by atoms with Crippen LogP contribution in [-0.4, -0.2) is 24.3 Å². The first-order valence-electron chi connectivity index (χ1n) is 6.53. The molecule has 1 aromatic heterocycles. The fourth-order valence-corrected chi connectivity index (χ4v) is 2.27. The molecule has 0 radical (unpaired) electrons. The van der Waals surface area contributed by atoms with E-state index in [0.29, 0.717) is 5.69 Å². The SMILES string of the molecule is COc1ccc(-c2ncc3cc(OC)ccc3c2O)cc1. The summed E-state index contributed by atoms with van der Waals surface area (Å²) in [6, 6.07) is 12.9. The zero-order chi connectivity index (χ0) is 14.8. The Balaban J connectivity index is 2.12. The topological polar surface area (TPSA) is 51.6 Å². The molecule has 106 valence electrons. The second-order valence-electron chi connectivity index (χ2n) is 4.64. The van der Waals surface area contributed by atoms with Gasteiger partial charge in [0.15, 0.2) is 0 Å². The summed E-state index contributed by atoms with van der Waals surface area (Å²) in [4.78, 5) is 4.36. The molecule has 0 saturated heterocycles. The smallest absolute Gasteiger partial charge is 0.149 e. The molecule has 21 heavy (non-hydrogen) atoms. The number of benzene rings is 2. The maximum Gasteiger partial charge on any atom is 0.149 e. The molecule has 1 heterocycles. The molecule has 4 heteroatoms. The predicted octanol–water partition coefficient (Wildman–Crippen LogP) is 3.62. The number of aromatic nitrogens is 1. The van der Waals surface area contributed by atoms with E-state index in [2.05, 4.69) is 4.98 Å². The van der Waals surface area contributed by atoms with Gasteiger partial charge in [-0.25, -0.2) is 0 Å². The second kappa shape index (κ2) is 5.32. The highest BCUT2D eigenvalue weighted by atomic mass is 16.5. The fraction of sp³-hybridized carbons (Fsp3) is 0.118. The summed E-state index contributed by atoms with van der Waals surface area (Å²) in [5.74, 6) is 1.67. The van der Waals surface area contributed by atoms with Crippen molar-refractivity contribution >= 4 is 10.8 Å². The zero-order valence-corrected chi connectivity index (χ0v) is 11.8. The molecule has 0 bridgehead atoms. The van der Waals surface area contributed by atoms with Crippen LogP contribution in [0.15, 0.2) is 48.7 Å². The van der Waals surface area contributed by atoms with E-state index >= 15 is 0 Å². The molecule has 0 fully saturated rings. The Kier molecular flexibility index (Phi) is 3.36. The number of hydrogen-bond acceptors (Lipinski definition) is 4.